The van der Waals surface area contributed by atoms with Gasteiger partial charge in [0, 0.05) is 17.3 Å². The van der Waals surface area contributed by atoms with Crippen molar-refractivity contribution >= 4 is 39.0 Å². The van der Waals surface area contributed by atoms with E-state index in [-0.39, 0.29) is 0 Å². The molecule has 0 aromatic carbocycles. The van der Waals surface area contributed by atoms with Crippen LogP contribution >= 0.6 is 22.9 Å². The van der Waals surface area contributed by atoms with Gasteiger partial charge in [-0.25, -0.2) is 9.97 Å². The molecule has 0 spiro atoms. The Labute approximate surface area is 110 Å². The predicted molar refractivity (Wildman–Crippen MR) is 75.1 cm³/mol. The Morgan fingerprint density at radius 1 is 1.47 bits per heavy atom. The summed E-state index contributed by atoms with van der Waals surface area (Å²) in [6, 6.07) is 2.13. The second-order valence-corrected chi connectivity index (χ2v) is 5.87. The van der Waals surface area contributed by atoms with E-state index < -0.39 is 0 Å². The molecule has 0 amide bonds. The molecule has 0 aliphatic heterocycles. The number of fused-ring (bicyclic) bond motifs is 1. The van der Waals surface area contributed by atoms with Crippen LogP contribution in [0.3, 0.4) is 0 Å². The maximum atomic E-state index is 5.72. The summed E-state index contributed by atoms with van der Waals surface area (Å²) in [5.41, 5.74) is 0. The lowest BCUT2D eigenvalue weighted by Gasteiger charge is -2.11. The number of nitrogens with one attached hydrogen (secondary N) is 1. The molecule has 2 aromatic heterocycles. The van der Waals surface area contributed by atoms with E-state index in [1.165, 1.54) is 4.88 Å². The van der Waals surface area contributed by atoms with Crippen molar-refractivity contribution in [2.75, 3.05) is 17.7 Å². The third-order valence-electron chi connectivity index (χ3n) is 2.67. The van der Waals surface area contributed by atoms with Gasteiger partial charge in [0.05, 0.1) is 5.39 Å². The average molecular weight is 270 g/mol. The topological polar surface area (TPSA) is 37.8 Å². The number of thiophene rings is 1. The molecule has 0 aliphatic rings. The molecule has 5 heteroatoms. The van der Waals surface area contributed by atoms with Crippen LogP contribution in [0.1, 0.15) is 18.2 Å². The normalized spacial score (nSPS) is 12.9. The summed E-state index contributed by atoms with van der Waals surface area (Å²) in [6.45, 7) is 5.17. The fraction of sp³-hybridized carbons (Fsp3) is 0.500. The molecule has 1 N–H and O–H groups in total. The summed E-state index contributed by atoms with van der Waals surface area (Å²) in [4.78, 5) is 10.9. The van der Waals surface area contributed by atoms with E-state index in [1.807, 2.05) is 0 Å². The Morgan fingerprint density at radius 2 is 2.29 bits per heavy atom. The van der Waals surface area contributed by atoms with Crippen molar-refractivity contribution in [1.29, 1.82) is 0 Å². The lowest BCUT2D eigenvalue weighted by atomic mass is 10.1. The van der Waals surface area contributed by atoms with E-state index in [0.717, 1.165) is 29.0 Å². The SMILES string of the molecule is Cc1cc2c(NCC(C)CCCl)ncnc2s1. The molecular weight excluding hydrogens is 254 g/mol. The van der Waals surface area contributed by atoms with Crippen molar-refractivity contribution in [3.63, 3.8) is 0 Å². The van der Waals surface area contributed by atoms with Crippen LogP contribution < -0.4 is 5.32 Å². The van der Waals surface area contributed by atoms with Gasteiger partial charge in [0.2, 0.25) is 0 Å². The van der Waals surface area contributed by atoms with Gasteiger partial charge in [0.15, 0.2) is 0 Å². The zero-order valence-corrected chi connectivity index (χ0v) is 11.6. The molecule has 92 valence electrons. The highest BCUT2D eigenvalue weighted by Gasteiger charge is 2.07. The van der Waals surface area contributed by atoms with Gasteiger partial charge in [-0.1, -0.05) is 6.92 Å². The number of alkyl halides is 1. The molecule has 2 aromatic rings. The Balaban J connectivity index is 2.12. The Morgan fingerprint density at radius 3 is 3.06 bits per heavy atom. The summed E-state index contributed by atoms with van der Waals surface area (Å²) >= 11 is 7.42. The second kappa shape index (κ2) is 5.65. The number of hydrogen-bond donors (Lipinski definition) is 1. The summed E-state index contributed by atoms with van der Waals surface area (Å²) in [5.74, 6) is 2.19. The fourth-order valence-corrected chi connectivity index (χ4v) is 2.90. The van der Waals surface area contributed by atoms with Gasteiger partial charge in [-0.15, -0.1) is 22.9 Å². The van der Waals surface area contributed by atoms with Gasteiger partial charge in [-0.3, -0.25) is 0 Å². The number of aromatic nitrogens is 2. The molecule has 0 bridgehead atoms. The maximum absolute atomic E-state index is 5.72. The van der Waals surface area contributed by atoms with Gasteiger partial charge in [0.25, 0.3) is 0 Å². The molecule has 2 rings (SSSR count). The Kier molecular flexibility index (Phi) is 4.18. The number of hydrogen-bond acceptors (Lipinski definition) is 4. The monoisotopic (exact) mass is 269 g/mol. The van der Waals surface area contributed by atoms with Crippen LogP contribution in [0.2, 0.25) is 0 Å². The largest absolute Gasteiger partial charge is 0.369 e. The summed E-state index contributed by atoms with van der Waals surface area (Å²) in [6.07, 6.45) is 2.64. The number of aryl methyl sites for hydroxylation is 1. The van der Waals surface area contributed by atoms with E-state index in [0.29, 0.717) is 11.8 Å². The number of halogens is 1. The third-order valence-corrected chi connectivity index (χ3v) is 3.85. The molecule has 17 heavy (non-hydrogen) atoms. The summed E-state index contributed by atoms with van der Waals surface area (Å²) < 4.78 is 0. The van der Waals surface area contributed by atoms with Gasteiger partial charge >= 0.3 is 0 Å². The molecule has 0 saturated carbocycles. The zero-order valence-electron chi connectivity index (χ0n) is 10.0. The predicted octanol–water partition coefficient (Wildman–Crippen LogP) is 3.68. The minimum Gasteiger partial charge on any atom is -0.369 e. The number of nitrogens with zero attached hydrogens (tertiary/aromatic N) is 2. The molecule has 2 heterocycles. The van der Waals surface area contributed by atoms with E-state index in [9.17, 15) is 0 Å². The van der Waals surface area contributed by atoms with Crippen LogP contribution in [0.5, 0.6) is 0 Å². The van der Waals surface area contributed by atoms with Crippen LogP contribution in [-0.2, 0) is 0 Å². The van der Waals surface area contributed by atoms with Crippen molar-refractivity contribution in [2.24, 2.45) is 5.92 Å². The van der Waals surface area contributed by atoms with E-state index in [4.69, 9.17) is 11.6 Å². The van der Waals surface area contributed by atoms with Crippen LogP contribution in [0, 0.1) is 12.8 Å². The summed E-state index contributed by atoms with van der Waals surface area (Å²) in [5, 5.41) is 4.50. The maximum Gasteiger partial charge on any atom is 0.138 e. The van der Waals surface area contributed by atoms with E-state index in [2.05, 4.69) is 35.2 Å². The standard InChI is InChI=1S/C12H16ClN3S/c1-8(3-4-13)6-14-11-10-5-9(2)17-12(10)16-7-15-11/h5,7-8H,3-4,6H2,1-2H3,(H,14,15,16). The van der Waals surface area contributed by atoms with Crippen molar-refractivity contribution in [1.82, 2.24) is 9.97 Å². The Hall–Kier alpha value is -0.870. The second-order valence-electron chi connectivity index (χ2n) is 4.26. The van der Waals surface area contributed by atoms with Gasteiger partial charge < -0.3 is 5.32 Å². The van der Waals surface area contributed by atoms with Gasteiger partial charge in [0.1, 0.15) is 17.0 Å². The molecule has 0 radical (unpaired) electrons. The molecular formula is C12H16ClN3S. The van der Waals surface area contributed by atoms with Crippen molar-refractivity contribution in [3.05, 3.63) is 17.3 Å². The molecule has 0 fully saturated rings. The van der Waals surface area contributed by atoms with Gasteiger partial charge in [-0.2, -0.15) is 0 Å². The number of rotatable bonds is 5. The zero-order chi connectivity index (χ0) is 12.3. The summed E-state index contributed by atoms with van der Waals surface area (Å²) in [7, 11) is 0. The van der Waals surface area contributed by atoms with Crippen molar-refractivity contribution in [2.45, 2.75) is 20.3 Å². The first-order valence-electron chi connectivity index (χ1n) is 5.71. The first-order valence-corrected chi connectivity index (χ1v) is 7.06. The molecule has 0 saturated heterocycles. The quantitative estimate of drug-likeness (QED) is 0.842. The third kappa shape index (κ3) is 3.07. The highest BCUT2D eigenvalue weighted by atomic mass is 35.5. The fourth-order valence-electron chi connectivity index (χ4n) is 1.68. The minimum absolute atomic E-state index is 0.553. The molecule has 0 aliphatic carbocycles. The lowest BCUT2D eigenvalue weighted by molar-refractivity contribution is 0.596. The van der Waals surface area contributed by atoms with Crippen LogP contribution in [0.25, 0.3) is 10.2 Å². The first kappa shape index (κ1) is 12.6. The smallest absolute Gasteiger partial charge is 0.138 e. The first-order chi connectivity index (χ1) is 8.20. The lowest BCUT2D eigenvalue weighted by Crippen LogP contribution is -2.12. The number of anilines is 1. The van der Waals surface area contributed by atoms with E-state index >= 15 is 0 Å². The Bertz CT molecular complexity index is 497. The van der Waals surface area contributed by atoms with Crippen molar-refractivity contribution in [3.8, 4) is 0 Å². The van der Waals surface area contributed by atoms with Crippen LogP contribution in [0.15, 0.2) is 12.4 Å². The molecule has 1 unspecified atom stereocenters. The molecule has 3 nitrogen and oxygen atoms in total. The van der Waals surface area contributed by atoms with Crippen LogP contribution in [-0.4, -0.2) is 22.4 Å². The average Bonchev–Trinajstić information content (AvgIpc) is 2.67. The van der Waals surface area contributed by atoms with Gasteiger partial charge in [-0.05, 0) is 25.3 Å². The minimum atomic E-state index is 0.553. The van der Waals surface area contributed by atoms with E-state index in [1.54, 1.807) is 17.7 Å². The van der Waals surface area contributed by atoms with Crippen molar-refractivity contribution < 1.29 is 0 Å². The highest BCUT2D eigenvalue weighted by Crippen LogP contribution is 2.27. The highest BCUT2D eigenvalue weighted by molar-refractivity contribution is 7.18. The molecule has 1 atom stereocenters. The van der Waals surface area contributed by atoms with Crippen LogP contribution in [0.4, 0.5) is 5.82 Å².